The summed E-state index contributed by atoms with van der Waals surface area (Å²) in [6.07, 6.45) is 0. The van der Waals surface area contributed by atoms with E-state index in [2.05, 4.69) is 5.32 Å². The number of carbonyl (C=O) groups excluding carboxylic acids is 1. The first-order chi connectivity index (χ1) is 9.60. The molecule has 2 rings (SSSR count). The third-order valence-corrected chi connectivity index (χ3v) is 3.22. The number of ether oxygens (including phenoxy) is 1. The van der Waals surface area contributed by atoms with Crippen molar-refractivity contribution in [2.24, 2.45) is 0 Å². The number of nitrogens with one attached hydrogen (secondary N) is 1. The number of methoxy groups -OCH3 is 1. The quantitative estimate of drug-likeness (QED) is 0.866. The minimum Gasteiger partial charge on any atom is -0.467 e. The van der Waals surface area contributed by atoms with Gasteiger partial charge in [-0.25, -0.2) is 4.79 Å². The number of halogens is 1. The number of hydrogen-bond acceptors (Lipinski definition) is 3. The molecule has 0 aliphatic rings. The van der Waals surface area contributed by atoms with E-state index in [1.165, 1.54) is 7.11 Å². The van der Waals surface area contributed by atoms with Gasteiger partial charge < -0.3 is 10.1 Å². The molecule has 20 heavy (non-hydrogen) atoms. The third-order valence-electron chi connectivity index (χ3n) is 2.98. The third kappa shape index (κ3) is 3.52. The molecule has 4 heteroatoms. The van der Waals surface area contributed by atoms with Gasteiger partial charge in [0.25, 0.3) is 0 Å². The summed E-state index contributed by atoms with van der Waals surface area (Å²) in [4.78, 5) is 12.0. The number of carbonyl (C=O) groups is 1. The van der Waals surface area contributed by atoms with E-state index in [-0.39, 0.29) is 5.97 Å². The van der Waals surface area contributed by atoms with Gasteiger partial charge in [0.2, 0.25) is 0 Å². The van der Waals surface area contributed by atoms with Crippen LogP contribution >= 0.6 is 11.6 Å². The van der Waals surface area contributed by atoms with E-state index in [4.69, 9.17) is 16.3 Å². The summed E-state index contributed by atoms with van der Waals surface area (Å²) < 4.78 is 4.86. The van der Waals surface area contributed by atoms with Gasteiger partial charge in [-0.3, -0.25) is 0 Å². The lowest BCUT2D eigenvalue weighted by atomic mass is 10.1. The van der Waals surface area contributed by atoms with Crippen LogP contribution in [0.15, 0.2) is 48.5 Å². The molecule has 0 saturated carbocycles. The van der Waals surface area contributed by atoms with E-state index in [1.54, 1.807) is 12.1 Å². The zero-order chi connectivity index (χ0) is 14.5. The second-order valence-electron chi connectivity index (χ2n) is 4.52. The zero-order valence-corrected chi connectivity index (χ0v) is 12.1. The van der Waals surface area contributed by atoms with Crippen LogP contribution in [0.3, 0.4) is 0 Å². The van der Waals surface area contributed by atoms with Crippen molar-refractivity contribution in [2.75, 3.05) is 12.4 Å². The summed E-state index contributed by atoms with van der Waals surface area (Å²) in [6, 6.07) is 14.4. The highest BCUT2D eigenvalue weighted by Crippen LogP contribution is 2.23. The van der Waals surface area contributed by atoms with Gasteiger partial charge in [0.1, 0.15) is 0 Å². The van der Waals surface area contributed by atoms with Crippen molar-refractivity contribution >= 4 is 23.3 Å². The van der Waals surface area contributed by atoms with Gasteiger partial charge in [-0.05, 0) is 36.8 Å². The van der Waals surface area contributed by atoms with E-state index in [0.717, 1.165) is 16.8 Å². The molecule has 2 aromatic carbocycles. The van der Waals surface area contributed by atoms with Crippen molar-refractivity contribution in [1.29, 1.82) is 0 Å². The van der Waals surface area contributed by atoms with Gasteiger partial charge in [0.15, 0.2) is 6.04 Å². The maximum absolute atomic E-state index is 12.0. The van der Waals surface area contributed by atoms with Crippen LogP contribution < -0.4 is 5.32 Å². The fourth-order valence-corrected chi connectivity index (χ4v) is 2.10. The fourth-order valence-electron chi connectivity index (χ4n) is 1.90. The number of rotatable bonds is 4. The molecule has 0 spiro atoms. The average molecular weight is 290 g/mol. The molecule has 1 unspecified atom stereocenters. The normalized spacial score (nSPS) is 11.8. The molecular formula is C16H16ClNO2. The molecule has 0 aliphatic heterocycles. The first-order valence-electron chi connectivity index (χ1n) is 6.26. The topological polar surface area (TPSA) is 38.3 Å². The summed E-state index contributed by atoms with van der Waals surface area (Å²) in [5.74, 6) is -0.354. The van der Waals surface area contributed by atoms with Gasteiger partial charge >= 0.3 is 5.97 Å². The molecule has 0 bridgehead atoms. The number of hydrogen-bond donors (Lipinski definition) is 1. The highest BCUT2D eigenvalue weighted by molar-refractivity contribution is 6.30. The zero-order valence-electron chi connectivity index (χ0n) is 11.4. The summed E-state index contributed by atoms with van der Waals surface area (Å²) in [6.45, 7) is 2.01. The smallest absolute Gasteiger partial charge is 0.332 e. The monoisotopic (exact) mass is 289 g/mol. The van der Waals surface area contributed by atoms with Crippen LogP contribution in [0.5, 0.6) is 0 Å². The molecule has 0 heterocycles. The molecule has 104 valence electrons. The van der Waals surface area contributed by atoms with Crippen molar-refractivity contribution in [3.63, 3.8) is 0 Å². The number of benzene rings is 2. The van der Waals surface area contributed by atoms with Crippen LogP contribution in [0, 0.1) is 6.92 Å². The lowest BCUT2D eigenvalue weighted by Gasteiger charge is -2.18. The maximum atomic E-state index is 12.0. The number of esters is 1. The summed E-state index contributed by atoms with van der Waals surface area (Å²) >= 11 is 5.98. The van der Waals surface area contributed by atoms with Crippen molar-refractivity contribution in [3.05, 3.63) is 64.7 Å². The van der Waals surface area contributed by atoms with Crippen molar-refractivity contribution in [3.8, 4) is 0 Å². The van der Waals surface area contributed by atoms with E-state index in [9.17, 15) is 4.79 Å². The molecule has 0 amide bonds. The Morgan fingerprint density at radius 2 is 1.90 bits per heavy atom. The first-order valence-corrected chi connectivity index (χ1v) is 6.64. The molecular weight excluding hydrogens is 274 g/mol. The molecule has 0 aliphatic carbocycles. The van der Waals surface area contributed by atoms with Crippen LogP contribution in [-0.2, 0) is 9.53 Å². The second kappa shape index (κ2) is 6.44. The van der Waals surface area contributed by atoms with E-state index in [0.29, 0.717) is 5.02 Å². The molecule has 0 radical (unpaired) electrons. The van der Waals surface area contributed by atoms with Crippen LogP contribution in [0.2, 0.25) is 5.02 Å². The minimum absolute atomic E-state index is 0.354. The van der Waals surface area contributed by atoms with Crippen LogP contribution in [0.25, 0.3) is 0 Å². The van der Waals surface area contributed by atoms with Crippen molar-refractivity contribution in [2.45, 2.75) is 13.0 Å². The Kier molecular flexibility index (Phi) is 4.64. The molecule has 0 aromatic heterocycles. The van der Waals surface area contributed by atoms with Crippen molar-refractivity contribution < 1.29 is 9.53 Å². The Morgan fingerprint density at radius 1 is 1.20 bits per heavy atom. The molecule has 1 atom stereocenters. The SMILES string of the molecule is COC(=O)C(Nc1ccc(C)cc1)c1cccc(Cl)c1. The lowest BCUT2D eigenvalue weighted by Crippen LogP contribution is -2.22. The Balaban J connectivity index is 2.28. The minimum atomic E-state index is -0.582. The van der Waals surface area contributed by atoms with E-state index < -0.39 is 6.04 Å². The summed E-state index contributed by atoms with van der Waals surface area (Å²) in [5, 5.41) is 3.75. The van der Waals surface area contributed by atoms with E-state index >= 15 is 0 Å². The molecule has 2 aromatic rings. The largest absolute Gasteiger partial charge is 0.467 e. The van der Waals surface area contributed by atoms with Crippen LogP contribution in [-0.4, -0.2) is 13.1 Å². The Bertz CT molecular complexity index is 596. The summed E-state index contributed by atoms with van der Waals surface area (Å²) in [7, 11) is 1.37. The summed E-state index contributed by atoms with van der Waals surface area (Å²) in [5.41, 5.74) is 2.78. The molecule has 0 saturated heterocycles. The van der Waals surface area contributed by atoms with Gasteiger partial charge in [-0.15, -0.1) is 0 Å². The second-order valence-corrected chi connectivity index (χ2v) is 4.96. The fraction of sp³-hybridized carbons (Fsp3) is 0.188. The Hall–Kier alpha value is -2.00. The van der Waals surface area contributed by atoms with Gasteiger partial charge in [0, 0.05) is 10.7 Å². The maximum Gasteiger partial charge on any atom is 0.332 e. The number of anilines is 1. The van der Waals surface area contributed by atoms with Gasteiger partial charge in [0.05, 0.1) is 7.11 Å². The van der Waals surface area contributed by atoms with Crippen LogP contribution in [0.1, 0.15) is 17.2 Å². The molecule has 3 nitrogen and oxygen atoms in total. The molecule has 0 fully saturated rings. The highest BCUT2D eigenvalue weighted by atomic mass is 35.5. The Labute approximate surface area is 123 Å². The average Bonchev–Trinajstić information content (AvgIpc) is 2.46. The predicted octanol–water partition coefficient (Wildman–Crippen LogP) is 3.97. The standard InChI is InChI=1S/C16H16ClNO2/c1-11-6-8-14(9-7-11)18-15(16(19)20-2)12-4-3-5-13(17)10-12/h3-10,15,18H,1-2H3. The lowest BCUT2D eigenvalue weighted by molar-refractivity contribution is -0.141. The van der Waals surface area contributed by atoms with Crippen molar-refractivity contribution in [1.82, 2.24) is 0 Å². The number of aryl methyl sites for hydroxylation is 1. The first kappa shape index (κ1) is 14.4. The predicted molar refractivity (Wildman–Crippen MR) is 81.0 cm³/mol. The highest BCUT2D eigenvalue weighted by Gasteiger charge is 2.21. The molecule has 1 N–H and O–H groups in total. The van der Waals surface area contributed by atoms with Gasteiger partial charge in [-0.1, -0.05) is 41.4 Å². The van der Waals surface area contributed by atoms with Gasteiger partial charge in [-0.2, -0.15) is 0 Å². The van der Waals surface area contributed by atoms with E-state index in [1.807, 2.05) is 43.3 Å². The van der Waals surface area contributed by atoms with Crippen LogP contribution in [0.4, 0.5) is 5.69 Å². The Morgan fingerprint density at radius 3 is 2.50 bits per heavy atom.